The van der Waals surface area contributed by atoms with Gasteiger partial charge in [0, 0.05) is 6.54 Å². The Morgan fingerprint density at radius 3 is 2.75 bits per heavy atom. The van der Waals surface area contributed by atoms with Gasteiger partial charge in [0.15, 0.2) is 0 Å². The second-order valence-electron chi connectivity index (χ2n) is 5.96. The van der Waals surface area contributed by atoms with Crippen molar-refractivity contribution in [2.75, 3.05) is 0 Å². The van der Waals surface area contributed by atoms with Gasteiger partial charge in [-0.05, 0) is 31.1 Å². The molecule has 0 bridgehead atoms. The van der Waals surface area contributed by atoms with Crippen molar-refractivity contribution in [2.24, 2.45) is 11.8 Å². The van der Waals surface area contributed by atoms with Gasteiger partial charge in [-0.15, -0.1) is 0 Å². The lowest BCUT2D eigenvalue weighted by Crippen LogP contribution is -2.38. The molecule has 1 aliphatic carbocycles. The van der Waals surface area contributed by atoms with E-state index in [2.05, 4.69) is 11.9 Å². The van der Waals surface area contributed by atoms with Crippen molar-refractivity contribution in [3.63, 3.8) is 0 Å². The van der Waals surface area contributed by atoms with E-state index in [0.29, 0.717) is 24.4 Å². The summed E-state index contributed by atoms with van der Waals surface area (Å²) in [4.78, 5) is 26.7. The van der Waals surface area contributed by atoms with Crippen molar-refractivity contribution in [1.29, 1.82) is 0 Å². The number of aromatic nitrogens is 2. The van der Waals surface area contributed by atoms with Crippen LogP contribution in [0, 0.1) is 11.8 Å². The second-order valence-corrected chi connectivity index (χ2v) is 6.34. The molecular weight excluding hydrogens is 276 g/mol. The lowest BCUT2D eigenvalue weighted by atomic mass is 9.81. The molecule has 1 aromatic rings. The van der Waals surface area contributed by atoms with E-state index in [4.69, 9.17) is 11.6 Å². The van der Waals surface area contributed by atoms with Crippen LogP contribution in [0.2, 0.25) is 5.15 Å². The van der Waals surface area contributed by atoms with Gasteiger partial charge in [0.2, 0.25) is 0 Å². The van der Waals surface area contributed by atoms with Crippen molar-refractivity contribution >= 4 is 11.6 Å². The zero-order chi connectivity index (χ0) is 14.7. The Bertz CT molecular complexity index is 576. The van der Waals surface area contributed by atoms with E-state index in [1.165, 1.54) is 30.3 Å². The summed E-state index contributed by atoms with van der Waals surface area (Å²) in [6.45, 7) is 4.65. The first-order valence-corrected chi connectivity index (χ1v) is 7.92. The summed E-state index contributed by atoms with van der Waals surface area (Å²) >= 11 is 5.91. The largest absolute Gasteiger partial charge is 0.329 e. The molecule has 2 rings (SSSR count). The predicted molar refractivity (Wildman–Crippen MR) is 81.4 cm³/mol. The fourth-order valence-corrected chi connectivity index (χ4v) is 3.52. The number of halogens is 1. The molecule has 112 valence electrons. The molecule has 20 heavy (non-hydrogen) atoms. The van der Waals surface area contributed by atoms with Crippen LogP contribution in [0.15, 0.2) is 9.59 Å². The third kappa shape index (κ3) is 3.35. The molecule has 1 N–H and O–H groups in total. The zero-order valence-corrected chi connectivity index (χ0v) is 13.0. The van der Waals surface area contributed by atoms with Crippen LogP contribution in [0.3, 0.4) is 0 Å². The summed E-state index contributed by atoms with van der Waals surface area (Å²) in [5.41, 5.74) is -0.116. The highest BCUT2D eigenvalue weighted by atomic mass is 35.5. The molecule has 5 heteroatoms. The molecule has 0 aliphatic heterocycles. The minimum Gasteiger partial charge on any atom is -0.297 e. The van der Waals surface area contributed by atoms with Crippen molar-refractivity contribution in [3.05, 3.63) is 31.6 Å². The first-order chi connectivity index (χ1) is 9.52. The fraction of sp³-hybridized carbons (Fsp3) is 0.733. The van der Waals surface area contributed by atoms with Gasteiger partial charge >= 0.3 is 5.69 Å². The molecular formula is C15H23ClN2O2. The smallest absolute Gasteiger partial charge is 0.297 e. The topological polar surface area (TPSA) is 54.9 Å². The van der Waals surface area contributed by atoms with Gasteiger partial charge in [0.1, 0.15) is 5.15 Å². The van der Waals surface area contributed by atoms with Gasteiger partial charge in [0.25, 0.3) is 5.56 Å². The molecule has 1 heterocycles. The van der Waals surface area contributed by atoms with Crippen LogP contribution in [0.4, 0.5) is 0 Å². The Morgan fingerprint density at radius 1 is 1.35 bits per heavy atom. The van der Waals surface area contributed by atoms with E-state index in [-0.39, 0.29) is 16.4 Å². The molecule has 1 saturated carbocycles. The fourth-order valence-electron chi connectivity index (χ4n) is 3.23. The standard InChI is InChI=1S/C15H23ClN2O2/c1-3-12-13(16)17-15(20)18(14(12)19)8-7-11-6-4-5-10(2)9-11/h10-11H,3-9H2,1-2H3,(H,17,20). The van der Waals surface area contributed by atoms with E-state index in [1.807, 2.05) is 6.92 Å². The van der Waals surface area contributed by atoms with Crippen LogP contribution in [0.1, 0.15) is 51.5 Å². The van der Waals surface area contributed by atoms with E-state index >= 15 is 0 Å². The average molecular weight is 299 g/mol. The van der Waals surface area contributed by atoms with Crippen LogP contribution in [0.25, 0.3) is 0 Å². The minimum atomic E-state index is -0.388. The Kier molecular flexibility index (Phi) is 5.08. The van der Waals surface area contributed by atoms with E-state index in [1.54, 1.807) is 0 Å². The molecule has 1 aliphatic rings. The van der Waals surface area contributed by atoms with Crippen LogP contribution < -0.4 is 11.2 Å². The minimum absolute atomic E-state index is 0.185. The van der Waals surface area contributed by atoms with Crippen LogP contribution >= 0.6 is 11.6 Å². The summed E-state index contributed by atoms with van der Waals surface area (Å²) in [7, 11) is 0. The van der Waals surface area contributed by atoms with Crippen molar-refractivity contribution in [3.8, 4) is 0 Å². The number of nitrogens with one attached hydrogen (secondary N) is 1. The lowest BCUT2D eigenvalue weighted by Gasteiger charge is -2.26. The molecule has 0 radical (unpaired) electrons. The molecule has 0 saturated heterocycles. The molecule has 0 spiro atoms. The van der Waals surface area contributed by atoms with Gasteiger partial charge in [-0.25, -0.2) is 4.79 Å². The third-order valence-electron chi connectivity index (χ3n) is 4.39. The SMILES string of the molecule is CCc1c(Cl)[nH]c(=O)n(CCC2CCCC(C)C2)c1=O. The van der Waals surface area contributed by atoms with Crippen molar-refractivity contribution in [2.45, 2.75) is 58.9 Å². The Morgan fingerprint density at radius 2 is 2.10 bits per heavy atom. The second kappa shape index (κ2) is 6.61. The molecule has 1 fully saturated rings. The highest BCUT2D eigenvalue weighted by molar-refractivity contribution is 6.30. The van der Waals surface area contributed by atoms with Crippen LogP contribution in [-0.2, 0) is 13.0 Å². The van der Waals surface area contributed by atoms with E-state index in [0.717, 1.165) is 12.3 Å². The quantitative estimate of drug-likeness (QED) is 0.869. The lowest BCUT2D eigenvalue weighted by molar-refractivity contribution is 0.259. The number of nitrogens with zero attached hydrogens (tertiary/aromatic N) is 1. The Balaban J connectivity index is 2.13. The van der Waals surface area contributed by atoms with Gasteiger partial charge in [0.05, 0.1) is 5.56 Å². The maximum absolute atomic E-state index is 12.2. The van der Waals surface area contributed by atoms with E-state index in [9.17, 15) is 9.59 Å². The highest BCUT2D eigenvalue weighted by Gasteiger charge is 2.19. The summed E-state index contributed by atoms with van der Waals surface area (Å²) in [5, 5.41) is 0.185. The molecule has 4 nitrogen and oxygen atoms in total. The molecule has 0 aromatic carbocycles. The third-order valence-corrected chi connectivity index (χ3v) is 4.71. The summed E-state index contributed by atoms with van der Waals surface area (Å²) in [5.74, 6) is 1.39. The predicted octanol–water partition coefficient (Wildman–Crippen LogP) is 2.97. The number of rotatable bonds is 4. The van der Waals surface area contributed by atoms with Crippen LogP contribution in [0.5, 0.6) is 0 Å². The number of aromatic amines is 1. The molecule has 1 aromatic heterocycles. The van der Waals surface area contributed by atoms with E-state index < -0.39 is 0 Å². The van der Waals surface area contributed by atoms with Gasteiger partial charge in [-0.2, -0.15) is 0 Å². The first kappa shape index (κ1) is 15.4. The van der Waals surface area contributed by atoms with Gasteiger partial charge < -0.3 is 0 Å². The summed E-state index contributed by atoms with van der Waals surface area (Å²) in [6.07, 6.45) is 6.43. The maximum Gasteiger partial charge on any atom is 0.329 e. The monoisotopic (exact) mass is 298 g/mol. The number of hydrogen-bond donors (Lipinski definition) is 1. The average Bonchev–Trinajstić information content (AvgIpc) is 2.38. The molecule has 0 amide bonds. The normalized spacial score (nSPS) is 22.9. The summed E-state index contributed by atoms with van der Waals surface area (Å²) < 4.78 is 1.31. The molecule has 2 unspecified atom stereocenters. The molecule has 2 atom stereocenters. The summed E-state index contributed by atoms with van der Waals surface area (Å²) in [6, 6.07) is 0. The van der Waals surface area contributed by atoms with Crippen molar-refractivity contribution in [1.82, 2.24) is 9.55 Å². The van der Waals surface area contributed by atoms with Gasteiger partial charge in [-0.3, -0.25) is 14.3 Å². The first-order valence-electron chi connectivity index (χ1n) is 7.54. The highest BCUT2D eigenvalue weighted by Crippen LogP contribution is 2.30. The Labute approximate surface area is 124 Å². The van der Waals surface area contributed by atoms with Crippen LogP contribution in [-0.4, -0.2) is 9.55 Å². The van der Waals surface area contributed by atoms with Crippen molar-refractivity contribution < 1.29 is 0 Å². The number of H-pyrrole nitrogens is 1. The van der Waals surface area contributed by atoms with Gasteiger partial charge in [-0.1, -0.05) is 44.7 Å². The number of hydrogen-bond acceptors (Lipinski definition) is 2. The maximum atomic E-state index is 12.2. The Hall–Kier alpha value is -1.03. The zero-order valence-electron chi connectivity index (χ0n) is 12.2.